The van der Waals surface area contributed by atoms with E-state index in [-0.39, 0.29) is 19.0 Å². The number of thiophene rings is 1. The summed E-state index contributed by atoms with van der Waals surface area (Å²) in [6.07, 6.45) is 0.0778. The average Bonchev–Trinajstić information content (AvgIpc) is 2.66. The van der Waals surface area contributed by atoms with E-state index in [4.69, 9.17) is 9.47 Å². The number of esters is 2. The molecule has 0 amide bonds. The molecule has 1 rings (SSSR count). The molecule has 0 atom stereocenters. The number of hydrogen-bond donors (Lipinski definition) is 0. The predicted molar refractivity (Wildman–Crippen MR) is 65.1 cm³/mol. The second kappa shape index (κ2) is 5.82. The summed E-state index contributed by atoms with van der Waals surface area (Å²) in [5.41, 5.74) is -0.505. The molecule has 0 unspecified atom stereocenters. The van der Waals surface area contributed by atoms with Crippen molar-refractivity contribution in [2.45, 2.75) is 32.8 Å². The molecule has 4 nitrogen and oxygen atoms in total. The molecule has 1 aromatic rings. The predicted octanol–water partition coefficient (Wildman–Crippen LogP) is 2.64. The van der Waals surface area contributed by atoms with Crippen molar-refractivity contribution in [2.75, 3.05) is 6.61 Å². The molecule has 0 radical (unpaired) electrons. The zero-order chi connectivity index (χ0) is 12.9. The summed E-state index contributed by atoms with van der Waals surface area (Å²) in [6.45, 7) is 5.43. The van der Waals surface area contributed by atoms with Gasteiger partial charge >= 0.3 is 11.9 Å². The molecule has 94 valence electrons. The van der Waals surface area contributed by atoms with Crippen molar-refractivity contribution in [3.63, 3.8) is 0 Å². The van der Waals surface area contributed by atoms with Gasteiger partial charge in [0.2, 0.25) is 0 Å². The topological polar surface area (TPSA) is 52.6 Å². The molecule has 0 aromatic carbocycles. The third kappa shape index (κ3) is 5.49. The van der Waals surface area contributed by atoms with Gasteiger partial charge in [-0.05, 0) is 32.2 Å². The molecular formula is C12H16O4S. The lowest BCUT2D eigenvalue weighted by atomic mass is 10.2. The van der Waals surface area contributed by atoms with Crippen LogP contribution in [0.25, 0.3) is 0 Å². The van der Waals surface area contributed by atoms with E-state index < -0.39 is 11.6 Å². The summed E-state index contributed by atoms with van der Waals surface area (Å²) >= 11 is 1.31. The summed E-state index contributed by atoms with van der Waals surface area (Å²) in [5, 5.41) is 1.80. The Labute approximate surface area is 105 Å². The highest BCUT2D eigenvalue weighted by atomic mass is 32.1. The fraction of sp³-hybridized carbons (Fsp3) is 0.500. The number of ether oxygens (including phenoxy) is 2. The zero-order valence-corrected chi connectivity index (χ0v) is 11.0. The van der Waals surface area contributed by atoms with E-state index in [2.05, 4.69) is 0 Å². The Kier molecular flexibility index (Phi) is 4.69. The number of rotatable bonds is 4. The van der Waals surface area contributed by atoms with Gasteiger partial charge in [-0.1, -0.05) is 6.07 Å². The second-order valence-corrected chi connectivity index (χ2v) is 5.40. The number of carbonyl (C=O) groups excluding carboxylic acids is 2. The van der Waals surface area contributed by atoms with Crippen LogP contribution in [0, 0.1) is 0 Å². The van der Waals surface area contributed by atoms with Gasteiger partial charge in [-0.2, -0.15) is 0 Å². The molecule has 0 aliphatic rings. The first kappa shape index (κ1) is 13.7. The van der Waals surface area contributed by atoms with Crippen molar-refractivity contribution < 1.29 is 19.1 Å². The van der Waals surface area contributed by atoms with Crippen LogP contribution in [0.15, 0.2) is 17.5 Å². The highest BCUT2D eigenvalue weighted by Crippen LogP contribution is 2.11. The fourth-order valence-electron chi connectivity index (χ4n) is 1.09. The molecule has 0 saturated carbocycles. The van der Waals surface area contributed by atoms with Gasteiger partial charge in [-0.25, -0.2) is 4.79 Å². The first-order chi connectivity index (χ1) is 7.88. The minimum atomic E-state index is -0.505. The van der Waals surface area contributed by atoms with E-state index in [0.717, 1.165) is 0 Å². The summed E-state index contributed by atoms with van der Waals surface area (Å²) in [6, 6.07) is 3.45. The van der Waals surface area contributed by atoms with E-state index in [1.807, 2.05) is 0 Å². The highest BCUT2D eigenvalue weighted by Gasteiger charge is 2.16. The molecule has 0 spiro atoms. The quantitative estimate of drug-likeness (QED) is 0.777. The monoisotopic (exact) mass is 256 g/mol. The van der Waals surface area contributed by atoms with Gasteiger partial charge in [-0.15, -0.1) is 11.3 Å². The van der Waals surface area contributed by atoms with Gasteiger partial charge in [0.15, 0.2) is 0 Å². The van der Waals surface area contributed by atoms with Gasteiger partial charge in [-0.3, -0.25) is 4.79 Å². The smallest absolute Gasteiger partial charge is 0.348 e. The summed E-state index contributed by atoms with van der Waals surface area (Å²) < 4.78 is 10.0. The van der Waals surface area contributed by atoms with Gasteiger partial charge in [0, 0.05) is 0 Å². The van der Waals surface area contributed by atoms with E-state index in [1.165, 1.54) is 11.3 Å². The van der Waals surface area contributed by atoms with Crippen molar-refractivity contribution in [1.82, 2.24) is 0 Å². The SMILES string of the molecule is CC(C)(C)OC(=O)CCOC(=O)c1cccs1. The van der Waals surface area contributed by atoms with Crippen LogP contribution >= 0.6 is 11.3 Å². The van der Waals surface area contributed by atoms with E-state index in [0.29, 0.717) is 4.88 Å². The molecule has 17 heavy (non-hydrogen) atoms. The average molecular weight is 256 g/mol. The Balaban J connectivity index is 2.24. The second-order valence-electron chi connectivity index (χ2n) is 4.45. The summed E-state index contributed by atoms with van der Waals surface area (Å²) in [7, 11) is 0. The van der Waals surface area contributed by atoms with Gasteiger partial charge in [0.05, 0.1) is 6.42 Å². The molecule has 0 fully saturated rings. The van der Waals surface area contributed by atoms with Crippen LogP contribution in [0.3, 0.4) is 0 Å². The van der Waals surface area contributed by atoms with Crippen LogP contribution in [0.5, 0.6) is 0 Å². The molecular weight excluding hydrogens is 240 g/mol. The third-order valence-electron chi connectivity index (χ3n) is 1.68. The first-order valence-electron chi connectivity index (χ1n) is 5.31. The van der Waals surface area contributed by atoms with Gasteiger partial charge in [0.25, 0.3) is 0 Å². The van der Waals surface area contributed by atoms with Crippen molar-refractivity contribution in [1.29, 1.82) is 0 Å². The lowest BCUT2D eigenvalue weighted by Crippen LogP contribution is -2.24. The maximum Gasteiger partial charge on any atom is 0.348 e. The zero-order valence-electron chi connectivity index (χ0n) is 10.2. The number of carbonyl (C=O) groups is 2. The first-order valence-corrected chi connectivity index (χ1v) is 6.19. The Morgan fingerprint density at radius 1 is 1.35 bits per heavy atom. The Bertz CT molecular complexity index is 376. The van der Waals surface area contributed by atoms with Crippen molar-refractivity contribution in [3.05, 3.63) is 22.4 Å². The molecule has 1 aromatic heterocycles. The lowest BCUT2D eigenvalue weighted by molar-refractivity contribution is -0.155. The van der Waals surface area contributed by atoms with E-state index >= 15 is 0 Å². The van der Waals surface area contributed by atoms with Crippen LogP contribution in [-0.2, 0) is 14.3 Å². The largest absolute Gasteiger partial charge is 0.461 e. The molecule has 0 aliphatic heterocycles. The van der Waals surface area contributed by atoms with Crippen LogP contribution in [0.1, 0.15) is 36.9 Å². The summed E-state index contributed by atoms with van der Waals surface area (Å²) in [5.74, 6) is -0.764. The summed E-state index contributed by atoms with van der Waals surface area (Å²) in [4.78, 5) is 23.3. The molecule has 1 heterocycles. The van der Waals surface area contributed by atoms with Crippen molar-refractivity contribution in [3.8, 4) is 0 Å². The maximum absolute atomic E-state index is 11.4. The van der Waals surface area contributed by atoms with Crippen LogP contribution in [-0.4, -0.2) is 24.1 Å². The van der Waals surface area contributed by atoms with E-state index in [1.54, 1.807) is 38.3 Å². The highest BCUT2D eigenvalue weighted by molar-refractivity contribution is 7.11. The minimum Gasteiger partial charge on any atom is -0.461 e. The molecule has 5 heteroatoms. The molecule has 0 saturated heterocycles. The standard InChI is InChI=1S/C12H16O4S/c1-12(2,3)16-10(13)6-7-15-11(14)9-5-4-8-17-9/h4-5,8H,6-7H2,1-3H3. The minimum absolute atomic E-state index is 0.0473. The molecule has 0 N–H and O–H groups in total. The van der Waals surface area contributed by atoms with Crippen LogP contribution < -0.4 is 0 Å². The maximum atomic E-state index is 11.4. The third-order valence-corrected chi connectivity index (χ3v) is 2.53. The molecule has 0 aliphatic carbocycles. The Morgan fingerprint density at radius 3 is 2.59 bits per heavy atom. The lowest BCUT2D eigenvalue weighted by Gasteiger charge is -2.19. The van der Waals surface area contributed by atoms with Crippen LogP contribution in [0.2, 0.25) is 0 Å². The van der Waals surface area contributed by atoms with Crippen molar-refractivity contribution >= 4 is 23.3 Å². The van der Waals surface area contributed by atoms with Gasteiger partial charge in [0.1, 0.15) is 17.1 Å². The molecule has 0 bridgehead atoms. The fourth-order valence-corrected chi connectivity index (χ4v) is 1.70. The number of hydrogen-bond acceptors (Lipinski definition) is 5. The van der Waals surface area contributed by atoms with Crippen LogP contribution in [0.4, 0.5) is 0 Å². The van der Waals surface area contributed by atoms with Gasteiger partial charge < -0.3 is 9.47 Å². The van der Waals surface area contributed by atoms with E-state index in [9.17, 15) is 9.59 Å². The Morgan fingerprint density at radius 2 is 2.06 bits per heavy atom. The Hall–Kier alpha value is -1.36. The normalized spacial score (nSPS) is 11.0. The van der Waals surface area contributed by atoms with Crippen molar-refractivity contribution in [2.24, 2.45) is 0 Å².